The molecule has 0 N–H and O–H groups in total. The van der Waals surface area contributed by atoms with Crippen LogP contribution in [0.2, 0.25) is 0 Å². The second-order valence-corrected chi connectivity index (χ2v) is 5.31. The molecule has 0 spiro atoms. The summed E-state index contributed by atoms with van der Waals surface area (Å²) in [6.45, 7) is 5.15. The maximum atomic E-state index is 12.1. The van der Waals surface area contributed by atoms with Crippen molar-refractivity contribution in [3.05, 3.63) is 0 Å². The first-order valence-electron chi connectivity index (χ1n) is 6.18. The molecule has 1 aliphatic rings. The summed E-state index contributed by atoms with van der Waals surface area (Å²) in [7, 11) is 1.82. The molecule has 1 rings (SSSR count). The Balaban J connectivity index is 2.39. The van der Waals surface area contributed by atoms with Crippen LogP contribution in [0.25, 0.3) is 0 Å². The Labute approximate surface area is 98.4 Å². The quantitative estimate of drug-likeness (QED) is 0.717. The molecule has 1 fully saturated rings. The number of nitrogens with zero attached hydrogens (tertiary/aromatic N) is 2. The van der Waals surface area contributed by atoms with Crippen LogP contribution in [0.1, 0.15) is 46.0 Å². The topological polar surface area (TPSA) is 44.1 Å². The minimum atomic E-state index is -0.674. The predicted octanol–water partition coefficient (Wildman–Crippen LogP) is 2.57. The van der Waals surface area contributed by atoms with E-state index in [2.05, 4.69) is 19.9 Å². The number of hydrogen-bond donors (Lipinski definition) is 0. The lowest BCUT2D eigenvalue weighted by Crippen LogP contribution is -2.45. The molecule has 0 bridgehead atoms. The summed E-state index contributed by atoms with van der Waals surface area (Å²) in [5.41, 5.74) is -0.674. The van der Waals surface area contributed by atoms with Crippen molar-refractivity contribution in [2.45, 2.75) is 46.0 Å². The Morgan fingerprint density at radius 1 is 1.50 bits per heavy atom. The van der Waals surface area contributed by atoms with Crippen molar-refractivity contribution in [2.75, 3.05) is 13.6 Å². The molecule has 0 atom stereocenters. The maximum absolute atomic E-state index is 12.1. The summed E-state index contributed by atoms with van der Waals surface area (Å²) < 4.78 is 0. The molecular formula is C13H22N2O. The zero-order chi connectivity index (χ0) is 12.2. The molecule has 1 saturated carbocycles. The molecule has 16 heavy (non-hydrogen) atoms. The van der Waals surface area contributed by atoms with Crippen molar-refractivity contribution < 1.29 is 4.79 Å². The zero-order valence-electron chi connectivity index (χ0n) is 10.6. The third-order valence-electron chi connectivity index (χ3n) is 3.45. The van der Waals surface area contributed by atoms with E-state index in [1.54, 1.807) is 4.90 Å². The fourth-order valence-corrected chi connectivity index (χ4v) is 2.11. The average Bonchev–Trinajstić information content (AvgIpc) is 2.16. The number of rotatable bonds is 5. The van der Waals surface area contributed by atoms with Gasteiger partial charge in [-0.2, -0.15) is 5.26 Å². The van der Waals surface area contributed by atoms with Gasteiger partial charge in [0.25, 0.3) is 0 Å². The minimum Gasteiger partial charge on any atom is -0.344 e. The van der Waals surface area contributed by atoms with Crippen LogP contribution >= 0.6 is 0 Å². The molecular weight excluding hydrogens is 200 g/mol. The Bertz CT molecular complexity index is 287. The lowest BCUT2D eigenvalue weighted by atomic mass is 9.69. The van der Waals surface area contributed by atoms with Gasteiger partial charge < -0.3 is 4.90 Å². The van der Waals surface area contributed by atoms with Crippen LogP contribution in [0, 0.1) is 22.7 Å². The summed E-state index contributed by atoms with van der Waals surface area (Å²) in [5.74, 6) is 0.710. The molecule has 0 aromatic carbocycles. The van der Waals surface area contributed by atoms with E-state index < -0.39 is 5.41 Å². The molecule has 0 aromatic rings. The van der Waals surface area contributed by atoms with E-state index in [1.165, 1.54) is 0 Å². The van der Waals surface area contributed by atoms with E-state index in [4.69, 9.17) is 5.26 Å². The van der Waals surface area contributed by atoms with Crippen molar-refractivity contribution in [3.63, 3.8) is 0 Å². The van der Waals surface area contributed by atoms with E-state index in [9.17, 15) is 4.79 Å². The first-order valence-corrected chi connectivity index (χ1v) is 6.18. The van der Waals surface area contributed by atoms with Gasteiger partial charge in [-0.25, -0.2) is 0 Å². The number of amides is 1. The van der Waals surface area contributed by atoms with Gasteiger partial charge in [-0.05, 0) is 38.0 Å². The van der Waals surface area contributed by atoms with Crippen molar-refractivity contribution in [3.8, 4) is 6.07 Å². The van der Waals surface area contributed by atoms with E-state index >= 15 is 0 Å². The van der Waals surface area contributed by atoms with Gasteiger partial charge in [0, 0.05) is 13.6 Å². The Hall–Kier alpha value is -1.04. The SMILES string of the molecule is CC(C)CCCN(C)C(=O)C1(C#N)CCC1. The lowest BCUT2D eigenvalue weighted by Gasteiger charge is -2.36. The summed E-state index contributed by atoms with van der Waals surface area (Å²) in [5, 5.41) is 9.07. The normalized spacial score (nSPS) is 17.7. The molecule has 0 heterocycles. The Morgan fingerprint density at radius 3 is 2.50 bits per heavy atom. The van der Waals surface area contributed by atoms with Gasteiger partial charge in [-0.15, -0.1) is 0 Å². The monoisotopic (exact) mass is 222 g/mol. The van der Waals surface area contributed by atoms with Gasteiger partial charge in [-0.1, -0.05) is 13.8 Å². The number of hydrogen-bond acceptors (Lipinski definition) is 2. The summed E-state index contributed by atoms with van der Waals surface area (Å²) in [6, 6.07) is 2.20. The van der Waals surface area contributed by atoms with E-state index in [0.29, 0.717) is 5.92 Å². The molecule has 0 unspecified atom stereocenters. The molecule has 0 aromatic heterocycles. The van der Waals surface area contributed by atoms with Crippen molar-refractivity contribution in [1.82, 2.24) is 4.90 Å². The highest BCUT2D eigenvalue weighted by Crippen LogP contribution is 2.41. The van der Waals surface area contributed by atoms with E-state index in [1.807, 2.05) is 7.05 Å². The summed E-state index contributed by atoms with van der Waals surface area (Å²) in [4.78, 5) is 13.8. The van der Waals surface area contributed by atoms with Crippen LogP contribution in [0.5, 0.6) is 0 Å². The van der Waals surface area contributed by atoms with E-state index in [-0.39, 0.29) is 5.91 Å². The highest BCUT2D eigenvalue weighted by molar-refractivity contribution is 5.86. The lowest BCUT2D eigenvalue weighted by molar-refractivity contribution is -0.141. The standard InChI is InChI=1S/C13H22N2O/c1-11(2)6-4-9-15(3)12(16)13(10-14)7-5-8-13/h11H,4-9H2,1-3H3. The largest absolute Gasteiger partial charge is 0.344 e. The van der Waals surface area contributed by atoms with Crippen LogP contribution in [-0.4, -0.2) is 24.4 Å². The second kappa shape index (κ2) is 5.34. The number of carbonyl (C=O) groups excluding carboxylic acids is 1. The third kappa shape index (κ3) is 2.75. The molecule has 0 saturated heterocycles. The molecule has 90 valence electrons. The van der Waals surface area contributed by atoms with Crippen LogP contribution in [-0.2, 0) is 4.79 Å². The molecule has 1 amide bonds. The summed E-state index contributed by atoms with van der Waals surface area (Å²) >= 11 is 0. The molecule has 1 aliphatic carbocycles. The van der Waals surface area contributed by atoms with Gasteiger partial charge in [0.05, 0.1) is 6.07 Å². The Morgan fingerprint density at radius 2 is 2.12 bits per heavy atom. The van der Waals surface area contributed by atoms with Gasteiger partial charge >= 0.3 is 0 Å². The first kappa shape index (κ1) is 13.0. The number of nitriles is 1. The van der Waals surface area contributed by atoms with Gasteiger partial charge in [0.1, 0.15) is 5.41 Å². The van der Waals surface area contributed by atoms with Crippen LogP contribution in [0.4, 0.5) is 0 Å². The third-order valence-corrected chi connectivity index (χ3v) is 3.45. The molecule has 3 heteroatoms. The van der Waals surface area contributed by atoms with Crippen LogP contribution in [0.15, 0.2) is 0 Å². The fraction of sp³-hybridized carbons (Fsp3) is 0.846. The van der Waals surface area contributed by atoms with Gasteiger partial charge in [0.15, 0.2) is 0 Å². The molecule has 0 aliphatic heterocycles. The van der Waals surface area contributed by atoms with Crippen molar-refractivity contribution in [1.29, 1.82) is 5.26 Å². The van der Waals surface area contributed by atoms with Crippen molar-refractivity contribution in [2.24, 2.45) is 11.3 Å². The highest BCUT2D eigenvalue weighted by Gasteiger charge is 2.45. The predicted molar refractivity (Wildman–Crippen MR) is 63.6 cm³/mol. The summed E-state index contributed by atoms with van der Waals surface area (Å²) in [6.07, 6.45) is 4.67. The molecule has 0 radical (unpaired) electrons. The van der Waals surface area contributed by atoms with Gasteiger partial charge in [0.2, 0.25) is 5.91 Å². The van der Waals surface area contributed by atoms with Crippen LogP contribution in [0.3, 0.4) is 0 Å². The smallest absolute Gasteiger partial charge is 0.242 e. The number of carbonyl (C=O) groups is 1. The first-order chi connectivity index (χ1) is 7.52. The van der Waals surface area contributed by atoms with Crippen LogP contribution < -0.4 is 0 Å². The van der Waals surface area contributed by atoms with E-state index in [0.717, 1.165) is 38.6 Å². The highest BCUT2D eigenvalue weighted by atomic mass is 16.2. The second-order valence-electron chi connectivity index (χ2n) is 5.31. The minimum absolute atomic E-state index is 0.0324. The fourth-order valence-electron chi connectivity index (χ4n) is 2.11. The average molecular weight is 222 g/mol. The maximum Gasteiger partial charge on any atom is 0.242 e. The molecule has 3 nitrogen and oxygen atoms in total. The van der Waals surface area contributed by atoms with Gasteiger partial charge in [-0.3, -0.25) is 4.79 Å². The Kier molecular flexibility index (Phi) is 4.35. The zero-order valence-corrected chi connectivity index (χ0v) is 10.6. The van der Waals surface area contributed by atoms with Crippen molar-refractivity contribution >= 4 is 5.91 Å².